The lowest BCUT2D eigenvalue weighted by Gasteiger charge is -2.19. The zero-order valence-electron chi connectivity index (χ0n) is 6.35. The van der Waals surface area contributed by atoms with Gasteiger partial charge in [0.25, 0.3) is 0 Å². The van der Waals surface area contributed by atoms with Crippen molar-refractivity contribution >= 4 is 0 Å². The average Bonchev–Trinajstić information content (AvgIpc) is 1.90. The van der Waals surface area contributed by atoms with Gasteiger partial charge in [-0.1, -0.05) is 13.8 Å². The Bertz CT molecular complexity index is 64.1. The Kier molecular flexibility index (Phi) is 4.67. The van der Waals surface area contributed by atoms with Crippen LogP contribution in [0.1, 0.15) is 20.3 Å². The fourth-order valence-electron chi connectivity index (χ4n) is 0.679. The van der Waals surface area contributed by atoms with Gasteiger partial charge >= 0.3 is 0 Å². The first kappa shape index (κ1) is 8.88. The number of methoxy groups -OCH3 is 1. The summed E-state index contributed by atoms with van der Waals surface area (Å²) in [6, 6.07) is 0. The van der Waals surface area contributed by atoms with Gasteiger partial charge in [0.1, 0.15) is 6.23 Å². The van der Waals surface area contributed by atoms with E-state index in [0.717, 1.165) is 6.42 Å². The van der Waals surface area contributed by atoms with Gasteiger partial charge < -0.3 is 4.74 Å². The van der Waals surface area contributed by atoms with Crippen LogP contribution in [0.3, 0.4) is 0 Å². The molecule has 3 nitrogen and oxygen atoms in total. The Balaban J connectivity index is 3.50. The molecule has 0 aromatic heterocycles. The summed E-state index contributed by atoms with van der Waals surface area (Å²) >= 11 is 0. The normalized spacial score (nSPS) is 17.3. The van der Waals surface area contributed by atoms with Crippen LogP contribution in [-0.4, -0.2) is 13.3 Å². The molecule has 0 heterocycles. The third kappa shape index (κ3) is 2.79. The number of nitrogens with one attached hydrogen (secondary N) is 1. The first-order valence-corrected chi connectivity index (χ1v) is 3.25. The molecule has 0 aromatic carbocycles. The summed E-state index contributed by atoms with van der Waals surface area (Å²) < 4.78 is 5.02. The van der Waals surface area contributed by atoms with Gasteiger partial charge in [0.2, 0.25) is 0 Å². The van der Waals surface area contributed by atoms with Gasteiger partial charge in [-0.2, -0.15) is 0 Å². The topological polar surface area (TPSA) is 47.3 Å². The number of hydrogen-bond donors (Lipinski definition) is 2. The maximum absolute atomic E-state index is 5.18. The van der Waals surface area contributed by atoms with Crippen molar-refractivity contribution in [2.45, 2.75) is 26.5 Å². The number of hydrogen-bond acceptors (Lipinski definition) is 3. The predicted octanol–water partition coefficient (Wildman–Crippen LogP) is 0.468. The molecule has 0 rings (SSSR count). The number of hydrazine groups is 1. The minimum Gasteiger partial charge on any atom is -0.365 e. The highest BCUT2D eigenvalue weighted by atomic mass is 16.5. The lowest BCUT2D eigenvalue weighted by molar-refractivity contribution is 0.0302. The molecule has 56 valence electrons. The van der Waals surface area contributed by atoms with Crippen LogP contribution in [0.15, 0.2) is 0 Å². The van der Waals surface area contributed by atoms with Crippen LogP contribution in [0.4, 0.5) is 0 Å². The Hall–Kier alpha value is -0.120. The highest BCUT2D eigenvalue weighted by Gasteiger charge is 2.11. The summed E-state index contributed by atoms with van der Waals surface area (Å²) in [7, 11) is 1.65. The van der Waals surface area contributed by atoms with E-state index >= 15 is 0 Å². The Morgan fingerprint density at radius 1 is 1.67 bits per heavy atom. The molecular formula is C6H16N2O. The molecule has 2 unspecified atom stereocenters. The van der Waals surface area contributed by atoms with Gasteiger partial charge in [0.05, 0.1) is 0 Å². The van der Waals surface area contributed by atoms with Crippen molar-refractivity contribution in [2.75, 3.05) is 7.11 Å². The summed E-state index contributed by atoms with van der Waals surface area (Å²) in [6.07, 6.45) is 1.07. The van der Waals surface area contributed by atoms with E-state index in [1.165, 1.54) is 0 Å². The molecule has 0 saturated heterocycles. The molecular weight excluding hydrogens is 116 g/mol. The second-order valence-corrected chi connectivity index (χ2v) is 2.21. The van der Waals surface area contributed by atoms with Crippen molar-refractivity contribution in [1.82, 2.24) is 5.43 Å². The van der Waals surface area contributed by atoms with Crippen LogP contribution in [0, 0.1) is 5.92 Å². The Labute approximate surface area is 56.5 Å². The molecule has 0 fully saturated rings. The molecule has 3 heteroatoms. The van der Waals surface area contributed by atoms with Gasteiger partial charge in [0, 0.05) is 7.11 Å². The van der Waals surface area contributed by atoms with Crippen molar-refractivity contribution in [3.05, 3.63) is 0 Å². The maximum atomic E-state index is 5.18. The molecule has 0 aliphatic carbocycles. The van der Waals surface area contributed by atoms with Crippen molar-refractivity contribution in [3.8, 4) is 0 Å². The quantitative estimate of drug-likeness (QED) is 0.332. The highest BCUT2D eigenvalue weighted by molar-refractivity contribution is 4.57. The van der Waals surface area contributed by atoms with Crippen molar-refractivity contribution in [3.63, 3.8) is 0 Å². The second kappa shape index (κ2) is 4.73. The molecule has 0 bridgehead atoms. The summed E-state index contributed by atoms with van der Waals surface area (Å²) in [6.45, 7) is 4.20. The standard InChI is InChI=1S/C6H16N2O/c1-4-5(2)6(8-7)9-3/h5-6,8H,4,7H2,1-3H3. The van der Waals surface area contributed by atoms with Crippen molar-refractivity contribution in [2.24, 2.45) is 11.8 Å². The van der Waals surface area contributed by atoms with Crippen molar-refractivity contribution in [1.29, 1.82) is 0 Å². The molecule has 0 aliphatic heterocycles. The first-order chi connectivity index (χ1) is 4.26. The molecule has 0 spiro atoms. The SMILES string of the molecule is CCC(C)C(NN)OC. The van der Waals surface area contributed by atoms with E-state index in [1.54, 1.807) is 7.11 Å². The lowest BCUT2D eigenvalue weighted by atomic mass is 10.1. The zero-order chi connectivity index (χ0) is 7.28. The van der Waals surface area contributed by atoms with E-state index in [0.29, 0.717) is 5.92 Å². The number of ether oxygens (including phenoxy) is 1. The molecule has 0 radical (unpaired) electrons. The van der Waals surface area contributed by atoms with E-state index in [1.807, 2.05) is 0 Å². The van der Waals surface area contributed by atoms with Crippen LogP contribution in [0.5, 0.6) is 0 Å². The monoisotopic (exact) mass is 132 g/mol. The average molecular weight is 132 g/mol. The first-order valence-electron chi connectivity index (χ1n) is 3.25. The van der Waals surface area contributed by atoms with Crippen LogP contribution in [0.25, 0.3) is 0 Å². The van der Waals surface area contributed by atoms with Gasteiger partial charge in [-0.25, -0.2) is 5.43 Å². The number of rotatable bonds is 4. The van der Waals surface area contributed by atoms with Crippen LogP contribution in [0.2, 0.25) is 0 Å². The largest absolute Gasteiger partial charge is 0.365 e. The van der Waals surface area contributed by atoms with E-state index in [-0.39, 0.29) is 6.23 Å². The van der Waals surface area contributed by atoms with E-state index in [9.17, 15) is 0 Å². The highest BCUT2D eigenvalue weighted by Crippen LogP contribution is 2.05. The summed E-state index contributed by atoms with van der Waals surface area (Å²) in [5, 5.41) is 0. The van der Waals surface area contributed by atoms with Crippen LogP contribution >= 0.6 is 0 Å². The maximum Gasteiger partial charge on any atom is 0.122 e. The molecule has 0 saturated carbocycles. The molecule has 2 atom stereocenters. The number of nitrogens with two attached hydrogens (primary N) is 1. The van der Waals surface area contributed by atoms with Crippen LogP contribution in [-0.2, 0) is 4.74 Å². The van der Waals surface area contributed by atoms with Gasteiger partial charge in [-0.05, 0) is 12.3 Å². The van der Waals surface area contributed by atoms with Gasteiger partial charge in [-0.15, -0.1) is 0 Å². The van der Waals surface area contributed by atoms with Gasteiger partial charge in [-0.3, -0.25) is 5.84 Å². The fraction of sp³-hybridized carbons (Fsp3) is 1.00. The molecule has 0 aromatic rings. The third-order valence-corrected chi connectivity index (χ3v) is 1.58. The molecule has 3 N–H and O–H groups in total. The summed E-state index contributed by atoms with van der Waals surface area (Å²) in [5.41, 5.74) is 2.58. The molecule has 0 aliphatic rings. The van der Waals surface area contributed by atoms with Gasteiger partial charge in [0.15, 0.2) is 0 Å². The van der Waals surface area contributed by atoms with Crippen molar-refractivity contribution < 1.29 is 4.74 Å². The minimum absolute atomic E-state index is 0.00463. The summed E-state index contributed by atoms with van der Waals surface area (Å²) in [5.74, 6) is 5.66. The zero-order valence-corrected chi connectivity index (χ0v) is 6.35. The Morgan fingerprint density at radius 2 is 2.22 bits per heavy atom. The fourth-order valence-corrected chi connectivity index (χ4v) is 0.679. The summed E-state index contributed by atoms with van der Waals surface area (Å²) in [4.78, 5) is 0. The Morgan fingerprint density at radius 3 is 2.33 bits per heavy atom. The lowest BCUT2D eigenvalue weighted by Crippen LogP contribution is -2.41. The smallest absolute Gasteiger partial charge is 0.122 e. The van der Waals surface area contributed by atoms with Crippen LogP contribution < -0.4 is 11.3 Å². The minimum atomic E-state index is -0.00463. The third-order valence-electron chi connectivity index (χ3n) is 1.58. The molecule has 0 amide bonds. The predicted molar refractivity (Wildman–Crippen MR) is 37.6 cm³/mol. The van der Waals surface area contributed by atoms with E-state index < -0.39 is 0 Å². The second-order valence-electron chi connectivity index (χ2n) is 2.21. The van der Waals surface area contributed by atoms with E-state index in [4.69, 9.17) is 10.6 Å². The molecule has 9 heavy (non-hydrogen) atoms. The van der Waals surface area contributed by atoms with E-state index in [2.05, 4.69) is 19.3 Å².